The largest absolute Gasteiger partial charge is 0.434 e. The maximum atomic E-state index is 11.6. The molecule has 140 valence electrons. The highest BCUT2D eigenvalue weighted by Crippen LogP contribution is 2.08. The fourth-order valence-corrected chi connectivity index (χ4v) is 2.86. The lowest BCUT2D eigenvalue weighted by Crippen LogP contribution is -2.03. The summed E-state index contributed by atoms with van der Waals surface area (Å²) < 4.78 is 10.1. The van der Waals surface area contributed by atoms with E-state index in [-0.39, 0.29) is 11.9 Å². The van der Waals surface area contributed by atoms with Crippen LogP contribution in [0.5, 0.6) is 0 Å². The molecule has 0 N–H and O–H groups in total. The Morgan fingerprint density at radius 3 is 1.52 bits per heavy atom. The van der Waals surface area contributed by atoms with E-state index in [0.29, 0.717) is 24.3 Å². The fraction of sp³-hybridized carbons (Fsp3) is 0.182. The van der Waals surface area contributed by atoms with Gasteiger partial charge in [-0.15, -0.1) is 0 Å². The van der Waals surface area contributed by atoms with E-state index >= 15 is 0 Å². The molecule has 0 radical (unpaired) electrons. The van der Waals surface area contributed by atoms with Gasteiger partial charge in [-0.25, -0.2) is 0 Å². The van der Waals surface area contributed by atoms with E-state index in [4.69, 9.17) is 9.47 Å². The monoisotopic (exact) mass is 382 g/mol. The highest BCUT2D eigenvalue weighted by Gasteiger charge is 2.04. The topological polar surface area (TPSA) is 52.6 Å². The Morgan fingerprint density at radius 1 is 0.704 bits per heavy atom. The molecule has 0 saturated heterocycles. The van der Waals surface area contributed by atoms with Crippen molar-refractivity contribution < 1.29 is 19.1 Å². The van der Waals surface area contributed by atoms with Crippen LogP contribution in [0, 0.1) is 0 Å². The smallest absolute Gasteiger partial charge is 0.311 e. The minimum absolute atomic E-state index is 0.289. The molecule has 0 aromatic heterocycles. The normalized spacial score (nSPS) is 11.0. The summed E-state index contributed by atoms with van der Waals surface area (Å²) in [5, 5.41) is 0. The Balaban J connectivity index is 1.51. The zero-order valence-corrected chi connectivity index (χ0v) is 15.8. The summed E-state index contributed by atoms with van der Waals surface area (Å²) in [4.78, 5) is 23.2. The second kappa shape index (κ2) is 12.5. The first-order valence-electron chi connectivity index (χ1n) is 8.64. The van der Waals surface area contributed by atoms with Crippen LogP contribution in [0.2, 0.25) is 0 Å². The number of thioether (sulfide) groups is 1. The summed E-state index contributed by atoms with van der Waals surface area (Å²) in [5.41, 5.74) is 1.94. The molecule has 0 spiro atoms. The molecule has 0 atom stereocenters. The number of hydrogen-bond acceptors (Lipinski definition) is 5. The fourth-order valence-electron chi connectivity index (χ4n) is 2.04. The van der Waals surface area contributed by atoms with Gasteiger partial charge in [0.05, 0.1) is 25.4 Å². The SMILES string of the molecule is O=C(CCSCCC(=O)O/C=C/c1ccccc1)O/C=C/c1ccccc1. The average molecular weight is 382 g/mol. The second-order valence-electron chi connectivity index (χ2n) is 5.52. The third kappa shape index (κ3) is 9.47. The molecule has 0 aliphatic heterocycles. The molecule has 0 heterocycles. The van der Waals surface area contributed by atoms with Crippen LogP contribution < -0.4 is 0 Å². The van der Waals surface area contributed by atoms with Gasteiger partial charge in [0.2, 0.25) is 0 Å². The average Bonchev–Trinajstić information content (AvgIpc) is 2.69. The molecule has 0 bridgehead atoms. The lowest BCUT2D eigenvalue weighted by Gasteiger charge is -2.01. The van der Waals surface area contributed by atoms with Crippen molar-refractivity contribution in [2.24, 2.45) is 0 Å². The summed E-state index contributed by atoms with van der Waals surface area (Å²) in [6, 6.07) is 19.2. The number of hydrogen-bond donors (Lipinski definition) is 0. The number of ether oxygens (including phenoxy) is 2. The minimum Gasteiger partial charge on any atom is -0.434 e. The second-order valence-corrected chi connectivity index (χ2v) is 6.74. The van der Waals surface area contributed by atoms with E-state index in [1.54, 1.807) is 12.2 Å². The van der Waals surface area contributed by atoms with Crippen molar-refractivity contribution >= 4 is 35.9 Å². The molecule has 0 unspecified atom stereocenters. The first-order chi connectivity index (χ1) is 13.2. The summed E-state index contributed by atoms with van der Waals surface area (Å²) in [7, 11) is 0. The van der Waals surface area contributed by atoms with Gasteiger partial charge in [-0.3, -0.25) is 9.59 Å². The van der Waals surface area contributed by atoms with Crippen molar-refractivity contribution in [2.45, 2.75) is 12.8 Å². The third-order valence-electron chi connectivity index (χ3n) is 3.42. The van der Waals surface area contributed by atoms with Gasteiger partial charge in [0.25, 0.3) is 0 Å². The standard InChI is InChI=1S/C22H22O4S/c23-21(25-15-11-19-7-3-1-4-8-19)13-17-27-18-14-22(24)26-16-12-20-9-5-2-6-10-20/h1-12,15-16H,13-14,17-18H2/b15-11+,16-12+. The zero-order valence-electron chi connectivity index (χ0n) is 15.0. The van der Waals surface area contributed by atoms with Crippen LogP contribution in [0.3, 0.4) is 0 Å². The summed E-state index contributed by atoms with van der Waals surface area (Å²) in [5.74, 6) is 0.627. The van der Waals surface area contributed by atoms with Crippen molar-refractivity contribution in [1.82, 2.24) is 0 Å². The Bertz CT molecular complexity index is 689. The van der Waals surface area contributed by atoms with Crippen LogP contribution in [0.4, 0.5) is 0 Å². The predicted octanol–water partition coefficient (Wildman–Crippen LogP) is 4.93. The molecule has 0 saturated carbocycles. The van der Waals surface area contributed by atoms with Crippen LogP contribution in [-0.4, -0.2) is 23.4 Å². The Morgan fingerprint density at radius 2 is 1.11 bits per heavy atom. The quantitative estimate of drug-likeness (QED) is 0.331. The Kier molecular flexibility index (Phi) is 9.53. The molecular formula is C22H22O4S. The van der Waals surface area contributed by atoms with Gasteiger partial charge in [-0.1, -0.05) is 60.7 Å². The van der Waals surface area contributed by atoms with E-state index in [0.717, 1.165) is 11.1 Å². The molecule has 0 amide bonds. The summed E-state index contributed by atoms with van der Waals surface area (Å²) in [6.07, 6.45) is 6.88. The first-order valence-corrected chi connectivity index (χ1v) is 9.79. The summed E-state index contributed by atoms with van der Waals surface area (Å²) in [6.45, 7) is 0. The first kappa shape index (κ1) is 20.5. The molecule has 0 fully saturated rings. The number of carbonyl (C=O) groups is 2. The highest BCUT2D eigenvalue weighted by molar-refractivity contribution is 7.99. The van der Waals surface area contributed by atoms with Crippen LogP contribution in [-0.2, 0) is 19.1 Å². The minimum atomic E-state index is -0.289. The van der Waals surface area contributed by atoms with Crippen LogP contribution in [0.15, 0.2) is 73.2 Å². The van der Waals surface area contributed by atoms with Gasteiger partial charge in [0.15, 0.2) is 0 Å². The van der Waals surface area contributed by atoms with Gasteiger partial charge in [0, 0.05) is 11.5 Å². The maximum Gasteiger partial charge on any atom is 0.311 e. The molecular weight excluding hydrogens is 360 g/mol. The Hall–Kier alpha value is -2.79. The molecule has 2 aromatic carbocycles. The zero-order chi connectivity index (χ0) is 19.2. The molecule has 27 heavy (non-hydrogen) atoms. The van der Waals surface area contributed by atoms with Crippen molar-refractivity contribution in [3.05, 3.63) is 84.3 Å². The van der Waals surface area contributed by atoms with Crippen LogP contribution in [0.25, 0.3) is 12.2 Å². The summed E-state index contributed by atoms with van der Waals surface area (Å²) >= 11 is 1.52. The number of rotatable bonds is 10. The van der Waals surface area contributed by atoms with Gasteiger partial charge in [0.1, 0.15) is 0 Å². The van der Waals surface area contributed by atoms with Crippen molar-refractivity contribution in [2.75, 3.05) is 11.5 Å². The van der Waals surface area contributed by atoms with Gasteiger partial charge >= 0.3 is 11.9 Å². The van der Waals surface area contributed by atoms with Crippen LogP contribution >= 0.6 is 11.8 Å². The van der Waals surface area contributed by atoms with E-state index < -0.39 is 0 Å². The maximum absolute atomic E-state index is 11.6. The van der Waals surface area contributed by atoms with E-state index in [1.807, 2.05) is 60.7 Å². The predicted molar refractivity (Wildman–Crippen MR) is 110 cm³/mol. The van der Waals surface area contributed by atoms with Crippen molar-refractivity contribution in [3.8, 4) is 0 Å². The van der Waals surface area contributed by atoms with E-state index in [1.165, 1.54) is 24.3 Å². The Labute approximate surface area is 163 Å². The number of benzene rings is 2. The molecule has 4 nitrogen and oxygen atoms in total. The molecule has 5 heteroatoms. The van der Waals surface area contributed by atoms with Gasteiger partial charge in [-0.05, 0) is 23.3 Å². The van der Waals surface area contributed by atoms with Crippen LogP contribution in [0.1, 0.15) is 24.0 Å². The van der Waals surface area contributed by atoms with Crippen molar-refractivity contribution in [1.29, 1.82) is 0 Å². The van der Waals surface area contributed by atoms with Gasteiger partial charge in [-0.2, -0.15) is 11.8 Å². The lowest BCUT2D eigenvalue weighted by atomic mass is 10.2. The van der Waals surface area contributed by atoms with Crippen molar-refractivity contribution in [3.63, 3.8) is 0 Å². The lowest BCUT2D eigenvalue weighted by molar-refractivity contribution is -0.138. The number of carbonyl (C=O) groups excluding carboxylic acids is 2. The molecule has 0 aliphatic carbocycles. The van der Waals surface area contributed by atoms with E-state index in [2.05, 4.69) is 0 Å². The van der Waals surface area contributed by atoms with Gasteiger partial charge < -0.3 is 9.47 Å². The molecule has 0 aliphatic rings. The van der Waals surface area contributed by atoms with E-state index in [9.17, 15) is 9.59 Å². The molecule has 2 aromatic rings. The number of esters is 2. The molecule has 2 rings (SSSR count). The highest BCUT2D eigenvalue weighted by atomic mass is 32.2. The third-order valence-corrected chi connectivity index (χ3v) is 4.41.